The van der Waals surface area contributed by atoms with Gasteiger partial charge in [-0.1, -0.05) is 0 Å². The van der Waals surface area contributed by atoms with Crippen LogP contribution in [0.3, 0.4) is 0 Å². The van der Waals surface area contributed by atoms with Gasteiger partial charge in [-0.05, 0) is 63.3 Å². The number of aliphatic hydroxyl groups is 1. The van der Waals surface area contributed by atoms with Gasteiger partial charge in [-0.15, -0.1) is 0 Å². The van der Waals surface area contributed by atoms with Gasteiger partial charge in [0, 0.05) is 54.5 Å². The molecule has 0 aromatic carbocycles. The molecule has 2 aliphatic rings. The molecule has 6 heterocycles. The molecule has 2 saturated heterocycles. The molecule has 6 rings (SSSR count). The van der Waals surface area contributed by atoms with Crippen LogP contribution < -0.4 is 4.90 Å². The van der Waals surface area contributed by atoms with E-state index < -0.39 is 0 Å². The van der Waals surface area contributed by atoms with Crippen molar-refractivity contribution in [2.45, 2.75) is 25.9 Å². The first-order chi connectivity index (χ1) is 17.9. The van der Waals surface area contributed by atoms with Crippen molar-refractivity contribution in [2.24, 2.45) is 12.5 Å². The van der Waals surface area contributed by atoms with Crippen molar-refractivity contribution in [2.75, 3.05) is 38.1 Å². The van der Waals surface area contributed by atoms with E-state index >= 15 is 0 Å². The van der Waals surface area contributed by atoms with E-state index in [-0.39, 0.29) is 18.8 Å². The van der Waals surface area contributed by atoms with Crippen molar-refractivity contribution < 1.29 is 9.90 Å². The number of hydrogen-bond acceptors (Lipinski definition) is 8. The van der Waals surface area contributed by atoms with Gasteiger partial charge < -0.3 is 14.9 Å². The second-order valence-corrected chi connectivity index (χ2v) is 10.5. The molecule has 4 aromatic rings. The molecule has 0 radical (unpaired) electrons. The van der Waals surface area contributed by atoms with E-state index in [1.165, 1.54) is 12.8 Å². The molecule has 0 bridgehead atoms. The smallest absolute Gasteiger partial charge is 0.169 e. The van der Waals surface area contributed by atoms with Crippen molar-refractivity contribution in [3.8, 4) is 11.3 Å². The molecule has 9 heteroatoms. The summed E-state index contributed by atoms with van der Waals surface area (Å²) >= 11 is 0. The number of aliphatic hydroxyl groups excluding tert-OH is 1. The summed E-state index contributed by atoms with van der Waals surface area (Å²) in [6.07, 6.45) is 7.84. The van der Waals surface area contributed by atoms with Gasteiger partial charge in [0.2, 0.25) is 0 Å². The van der Waals surface area contributed by atoms with Gasteiger partial charge in [0.05, 0.1) is 41.8 Å². The first kappa shape index (κ1) is 23.7. The second kappa shape index (κ2) is 9.32. The highest BCUT2D eigenvalue weighted by Crippen LogP contribution is 2.41. The fraction of sp³-hybridized carbons (Fsp3) is 0.393. The largest absolute Gasteiger partial charge is 0.390 e. The zero-order valence-electron chi connectivity index (χ0n) is 21.3. The molecule has 1 spiro atoms. The molecular weight excluding hydrogens is 466 g/mol. The molecule has 0 unspecified atom stereocenters. The lowest BCUT2D eigenvalue weighted by atomic mass is 9.72. The Balaban J connectivity index is 1.18. The summed E-state index contributed by atoms with van der Waals surface area (Å²) in [4.78, 5) is 31.7. The van der Waals surface area contributed by atoms with Crippen molar-refractivity contribution >= 4 is 22.5 Å². The third kappa shape index (κ3) is 4.49. The number of ketones is 1. The van der Waals surface area contributed by atoms with Crippen LogP contribution in [0.5, 0.6) is 0 Å². The lowest BCUT2D eigenvalue weighted by molar-refractivity contribution is 0.0900. The predicted molar refractivity (Wildman–Crippen MR) is 141 cm³/mol. The van der Waals surface area contributed by atoms with Gasteiger partial charge in [0.1, 0.15) is 5.82 Å². The van der Waals surface area contributed by atoms with E-state index in [0.29, 0.717) is 22.4 Å². The maximum absolute atomic E-state index is 13.2. The Kier molecular flexibility index (Phi) is 5.97. The topological polar surface area (TPSA) is 100 Å². The minimum atomic E-state index is -0.120. The highest BCUT2D eigenvalue weighted by molar-refractivity contribution is 5.98. The van der Waals surface area contributed by atoms with Crippen LogP contribution in [0.4, 0.5) is 5.82 Å². The number of fused-ring (bicyclic) bond motifs is 1. The number of rotatable bonds is 6. The summed E-state index contributed by atoms with van der Waals surface area (Å²) in [5.74, 6) is 0.889. The number of anilines is 1. The Hall–Kier alpha value is -3.69. The fourth-order valence-electron chi connectivity index (χ4n) is 5.53. The van der Waals surface area contributed by atoms with Crippen LogP contribution in [0.15, 0.2) is 48.9 Å². The first-order valence-electron chi connectivity index (χ1n) is 12.7. The van der Waals surface area contributed by atoms with E-state index in [4.69, 9.17) is 4.98 Å². The van der Waals surface area contributed by atoms with Crippen LogP contribution in [-0.2, 0) is 20.1 Å². The Bertz CT molecular complexity index is 1460. The van der Waals surface area contributed by atoms with Crippen LogP contribution in [-0.4, -0.2) is 73.7 Å². The maximum atomic E-state index is 13.2. The molecule has 0 saturated carbocycles. The quantitative estimate of drug-likeness (QED) is 0.406. The van der Waals surface area contributed by atoms with E-state index in [1.54, 1.807) is 36.4 Å². The Morgan fingerprint density at radius 2 is 1.86 bits per heavy atom. The highest BCUT2D eigenvalue weighted by Gasteiger charge is 2.44. The number of piperidine rings is 1. The van der Waals surface area contributed by atoms with Gasteiger partial charge in [-0.3, -0.25) is 14.5 Å². The number of Topliss-reactive ketones (excluding diaryl/α,β-unsaturated/α-hetero) is 1. The van der Waals surface area contributed by atoms with Crippen LogP contribution in [0.1, 0.15) is 34.6 Å². The molecule has 37 heavy (non-hydrogen) atoms. The fourth-order valence-corrected chi connectivity index (χ4v) is 5.53. The molecule has 0 aliphatic carbocycles. The van der Waals surface area contributed by atoms with Crippen LogP contribution in [0, 0.1) is 5.41 Å². The van der Waals surface area contributed by atoms with E-state index in [0.717, 1.165) is 54.2 Å². The average Bonchev–Trinajstić information content (AvgIpc) is 3.28. The van der Waals surface area contributed by atoms with E-state index in [1.807, 2.05) is 24.3 Å². The molecular formula is C28H31N7O2. The van der Waals surface area contributed by atoms with Crippen LogP contribution >= 0.6 is 0 Å². The summed E-state index contributed by atoms with van der Waals surface area (Å²) in [7, 11) is 3.98. The van der Waals surface area contributed by atoms with Crippen LogP contribution in [0.25, 0.3) is 22.2 Å². The minimum Gasteiger partial charge on any atom is -0.390 e. The summed E-state index contributed by atoms with van der Waals surface area (Å²) in [6, 6.07) is 9.42. The Morgan fingerprint density at radius 3 is 2.65 bits per heavy atom. The van der Waals surface area contributed by atoms with Gasteiger partial charge in [0.25, 0.3) is 0 Å². The molecule has 0 atom stereocenters. The summed E-state index contributed by atoms with van der Waals surface area (Å²) in [6.45, 7) is 4.21. The Labute approximate surface area is 215 Å². The molecule has 2 fully saturated rings. The number of likely N-dealkylation sites (tertiary alicyclic amines) is 1. The molecule has 190 valence electrons. The first-order valence-corrected chi connectivity index (χ1v) is 12.7. The lowest BCUT2D eigenvalue weighted by Gasteiger charge is -2.54. The SMILES string of the molecule is CN1CCC2(CC1)CN(c1cc(C(=O)Cc3cc4nc(-c5cnn(C)c5CO)ccc4cn3)ccn1)C2. The van der Waals surface area contributed by atoms with Crippen LogP contribution in [0.2, 0.25) is 0 Å². The monoisotopic (exact) mass is 497 g/mol. The highest BCUT2D eigenvalue weighted by atomic mass is 16.3. The number of aryl methyl sites for hydroxylation is 1. The van der Waals surface area contributed by atoms with Gasteiger partial charge in [0.15, 0.2) is 5.78 Å². The van der Waals surface area contributed by atoms with Crippen molar-refractivity contribution in [1.82, 2.24) is 29.6 Å². The number of carbonyl (C=O) groups excluding carboxylic acids is 1. The molecule has 1 N–H and O–H groups in total. The lowest BCUT2D eigenvalue weighted by Crippen LogP contribution is -2.60. The molecule has 2 aliphatic heterocycles. The second-order valence-electron chi connectivity index (χ2n) is 10.5. The number of carbonyl (C=O) groups is 1. The number of pyridine rings is 3. The van der Waals surface area contributed by atoms with Crippen molar-refractivity contribution in [3.63, 3.8) is 0 Å². The number of nitrogens with zero attached hydrogens (tertiary/aromatic N) is 7. The third-order valence-electron chi connectivity index (χ3n) is 7.95. The summed E-state index contributed by atoms with van der Waals surface area (Å²) < 4.78 is 1.65. The normalized spacial score (nSPS) is 17.3. The Morgan fingerprint density at radius 1 is 1.05 bits per heavy atom. The average molecular weight is 498 g/mol. The van der Waals surface area contributed by atoms with Crippen molar-refractivity contribution in [3.05, 3.63) is 65.9 Å². The number of aromatic nitrogens is 5. The van der Waals surface area contributed by atoms with E-state index in [2.05, 4.69) is 31.9 Å². The molecule has 0 amide bonds. The van der Waals surface area contributed by atoms with Gasteiger partial charge >= 0.3 is 0 Å². The molecule has 9 nitrogen and oxygen atoms in total. The summed E-state index contributed by atoms with van der Waals surface area (Å²) in [5.41, 5.74) is 4.70. The third-order valence-corrected chi connectivity index (χ3v) is 7.95. The zero-order valence-corrected chi connectivity index (χ0v) is 21.3. The van der Waals surface area contributed by atoms with E-state index in [9.17, 15) is 9.90 Å². The minimum absolute atomic E-state index is 0.0102. The molecule has 4 aromatic heterocycles. The van der Waals surface area contributed by atoms with Crippen molar-refractivity contribution in [1.29, 1.82) is 0 Å². The number of hydrogen-bond donors (Lipinski definition) is 1. The van der Waals surface area contributed by atoms with Gasteiger partial charge in [-0.2, -0.15) is 5.10 Å². The van der Waals surface area contributed by atoms with Gasteiger partial charge in [-0.25, -0.2) is 9.97 Å². The summed E-state index contributed by atoms with van der Waals surface area (Å²) in [5, 5.41) is 14.8. The predicted octanol–water partition coefficient (Wildman–Crippen LogP) is 2.88. The zero-order chi connectivity index (χ0) is 25.6. The maximum Gasteiger partial charge on any atom is 0.169 e. The standard InChI is InChI=1S/C28H31N7O2/c1-33-9-6-28(7-10-33)17-35(18-28)27-11-19(5-8-29-27)26(37)13-21-12-24-20(14-30-21)3-4-23(32-24)22-15-31-34(2)25(22)16-36/h3-5,8,11-12,14-15,36H,6-7,9-10,13,16-18H2,1-2H3.